The molecule has 0 saturated carbocycles. The Morgan fingerprint density at radius 3 is 2.65 bits per heavy atom. The number of piperidine rings is 1. The Morgan fingerprint density at radius 2 is 1.97 bits per heavy atom. The molecule has 0 spiro atoms. The third kappa shape index (κ3) is 5.12. The lowest BCUT2D eigenvalue weighted by Gasteiger charge is -2.32. The Bertz CT molecular complexity index is 1020. The Labute approximate surface area is 194 Å². The number of aromatic nitrogens is 1. The number of anilines is 1. The van der Waals surface area contributed by atoms with Crippen molar-refractivity contribution in [1.82, 2.24) is 14.2 Å². The first-order chi connectivity index (χ1) is 14.4. The van der Waals surface area contributed by atoms with E-state index in [1.165, 1.54) is 28.3 Å². The monoisotopic (exact) mass is 484 g/mol. The first kappa shape index (κ1) is 24.1. The van der Waals surface area contributed by atoms with Gasteiger partial charge in [0.1, 0.15) is 0 Å². The molecule has 170 valence electrons. The number of hydrogen-bond acceptors (Lipinski definition) is 6. The van der Waals surface area contributed by atoms with Gasteiger partial charge in [0.2, 0.25) is 10.0 Å². The van der Waals surface area contributed by atoms with Gasteiger partial charge in [-0.25, -0.2) is 13.4 Å². The number of sulfonamides is 1. The molecule has 1 saturated heterocycles. The minimum Gasteiger partial charge on any atom is -0.298 e. The van der Waals surface area contributed by atoms with Crippen LogP contribution < -0.4 is 5.32 Å². The summed E-state index contributed by atoms with van der Waals surface area (Å²) in [6.45, 7) is 7.52. The van der Waals surface area contributed by atoms with Gasteiger partial charge in [-0.3, -0.25) is 15.0 Å². The predicted molar refractivity (Wildman–Crippen MR) is 126 cm³/mol. The molecule has 31 heavy (non-hydrogen) atoms. The van der Waals surface area contributed by atoms with Crippen molar-refractivity contribution in [2.24, 2.45) is 0 Å². The van der Waals surface area contributed by atoms with Gasteiger partial charge >= 0.3 is 0 Å². The summed E-state index contributed by atoms with van der Waals surface area (Å²) in [7, 11) is -3.54. The van der Waals surface area contributed by atoms with E-state index in [0.29, 0.717) is 17.2 Å². The second kappa shape index (κ2) is 9.95. The number of thiazole rings is 1. The van der Waals surface area contributed by atoms with Crippen LogP contribution in [-0.4, -0.2) is 54.2 Å². The highest BCUT2D eigenvalue weighted by molar-refractivity contribution is 7.89. The van der Waals surface area contributed by atoms with Crippen molar-refractivity contribution in [2.75, 3.05) is 25.0 Å². The predicted octanol–water partition coefficient (Wildman–Crippen LogP) is 3.76. The first-order valence-electron chi connectivity index (χ1n) is 10.5. The highest BCUT2D eigenvalue weighted by atomic mass is 35.5. The average Bonchev–Trinajstić information content (AvgIpc) is 3.15. The van der Waals surface area contributed by atoms with Crippen molar-refractivity contribution >= 4 is 44.8 Å². The van der Waals surface area contributed by atoms with E-state index in [2.05, 4.69) is 22.1 Å². The van der Waals surface area contributed by atoms with Gasteiger partial charge in [-0.1, -0.05) is 13.3 Å². The maximum atomic E-state index is 12.9. The van der Waals surface area contributed by atoms with Crippen LogP contribution in [0.2, 0.25) is 0 Å². The molecule has 10 heteroatoms. The Balaban J connectivity index is 0.00000272. The SMILES string of the molecule is CCN1CCc2nc(NC(=O)c3ccc(S(=O)(=O)N4CCCCC4C)cc3)sc2C1.Cl. The van der Waals surface area contributed by atoms with Crippen molar-refractivity contribution in [3.63, 3.8) is 0 Å². The molecule has 1 aromatic carbocycles. The van der Waals surface area contributed by atoms with E-state index < -0.39 is 10.0 Å². The summed E-state index contributed by atoms with van der Waals surface area (Å²) in [5.74, 6) is -0.274. The molecule has 1 fully saturated rings. The van der Waals surface area contributed by atoms with Gasteiger partial charge in [-0.2, -0.15) is 4.31 Å². The molecule has 4 rings (SSSR count). The lowest BCUT2D eigenvalue weighted by atomic mass is 10.1. The Morgan fingerprint density at radius 1 is 1.23 bits per heavy atom. The summed E-state index contributed by atoms with van der Waals surface area (Å²) in [6.07, 6.45) is 3.73. The Kier molecular flexibility index (Phi) is 7.75. The number of nitrogens with zero attached hydrogens (tertiary/aromatic N) is 3. The maximum absolute atomic E-state index is 12.9. The van der Waals surface area contributed by atoms with E-state index in [4.69, 9.17) is 0 Å². The van der Waals surface area contributed by atoms with Crippen LogP contribution >= 0.6 is 23.7 Å². The summed E-state index contributed by atoms with van der Waals surface area (Å²) >= 11 is 1.52. The molecule has 1 unspecified atom stereocenters. The van der Waals surface area contributed by atoms with Gasteiger partial charge in [0.15, 0.2) is 5.13 Å². The molecule has 1 amide bonds. The van der Waals surface area contributed by atoms with E-state index in [1.54, 1.807) is 16.4 Å². The third-order valence-corrected chi connectivity index (χ3v) is 8.97. The average molecular weight is 485 g/mol. The number of hydrogen-bond donors (Lipinski definition) is 1. The maximum Gasteiger partial charge on any atom is 0.257 e. The van der Waals surface area contributed by atoms with Crippen LogP contribution in [0.1, 0.15) is 54.0 Å². The number of fused-ring (bicyclic) bond motifs is 1. The summed E-state index contributed by atoms with van der Waals surface area (Å²) in [5, 5.41) is 3.47. The normalized spacial score (nSPS) is 20.0. The van der Waals surface area contributed by atoms with Crippen molar-refractivity contribution in [3.8, 4) is 0 Å². The fourth-order valence-corrected chi connectivity index (χ4v) is 6.83. The van der Waals surface area contributed by atoms with Gasteiger partial charge in [-0.15, -0.1) is 23.7 Å². The third-order valence-electron chi connectivity index (χ3n) is 5.94. The lowest BCUT2D eigenvalue weighted by Crippen LogP contribution is -2.41. The van der Waals surface area contributed by atoms with Crippen LogP contribution in [-0.2, 0) is 23.0 Å². The highest BCUT2D eigenvalue weighted by Gasteiger charge is 2.31. The molecule has 2 aliphatic heterocycles. The minimum atomic E-state index is -3.54. The number of halogens is 1. The van der Waals surface area contributed by atoms with E-state index in [9.17, 15) is 13.2 Å². The summed E-state index contributed by atoms with van der Waals surface area (Å²) in [5.41, 5.74) is 1.49. The van der Waals surface area contributed by atoms with Crippen molar-refractivity contribution in [1.29, 1.82) is 0 Å². The van der Waals surface area contributed by atoms with Gasteiger partial charge in [0, 0.05) is 42.5 Å². The van der Waals surface area contributed by atoms with Crippen LogP contribution in [0.5, 0.6) is 0 Å². The molecule has 3 heterocycles. The first-order valence-corrected chi connectivity index (χ1v) is 12.8. The Hall–Kier alpha value is -1.52. The molecule has 2 aliphatic rings. The second-order valence-electron chi connectivity index (χ2n) is 7.95. The van der Waals surface area contributed by atoms with Crippen LogP contribution in [0.25, 0.3) is 0 Å². The summed E-state index contributed by atoms with van der Waals surface area (Å²) in [6, 6.07) is 6.20. The molecule has 2 aromatic rings. The summed E-state index contributed by atoms with van der Waals surface area (Å²) < 4.78 is 27.5. The van der Waals surface area contributed by atoms with Gasteiger partial charge in [0.05, 0.1) is 10.6 Å². The van der Waals surface area contributed by atoms with Crippen molar-refractivity contribution < 1.29 is 13.2 Å². The zero-order valence-electron chi connectivity index (χ0n) is 17.8. The van der Waals surface area contributed by atoms with E-state index in [0.717, 1.165) is 51.0 Å². The number of nitrogens with one attached hydrogen (secondary N) is 1. The summed E-state index contributed by atoms with van der Waals surface area (Å²) in [4.78, 5) is 21.0. The molecule has 1 N–H and O–H groups in total. The van der Waals surface area contributed by atoms with Gasteiger partial charge in [0.25, 0.3) is 5.91 Å². The van der Waals surface area contributed by atoms with E-state index in [1.807, 2.05) is 6.92 Å². The molecule has 7 nitrogen and oxygen atoms in total. The largest absolute Gasteiger partial charge is 0.298 e. The van der Waals surface area contributed by atoms with Crippen LogP contribution in [0.3, 0.4) is 0 Å². The fourth-order valence-electron chi connectivity index (χ4n) is 4.08. The zero-order valence-corrected chi connectivity index (χ0v) is 20.3. The molecular formula is C21H29ClN4O3S2. The van der Waals surface area contributed by atoms with E-state index >= 15 is 0 Å². The number of benzene rings is 1. The molecule has 0 aliphatic carbocycles. The van der Waals surface area contributed by atoms with Crippen LogP contribution in [0, 0.1) is 0 Å². The number of likely N-dealkylation sites (N-methyl/N-ethyl adjacent to an activating group) is 1. The second-order valence-corrected chi connectivity index (χ2v) is 10.9. The van der Waals surface area contributed by atoms with Gasteiger partial charge < -0.3 is 0 Å². The van der Waals surface area contributed by atoms with Crippen LogP contribution in [0.15, 0.2) is 29.2 Å². The fraction of sp³-hybridized carbons (Fsp3) is 0.524. The number of amides is 1. The van der Waals surface area contributed by atoms with Crippen LogP contribution in [0.4, 0.5) is 5.13 Å². The highest BCUT2D eigenvalue weighted by Crippen LogP contribution is 2.29. The van der Waals surface area contributed by atoms with Crippen molar-refractivity contribution in [3.05, 3.63) is 40.4 Å². The molecule has 1 atom stereocenters. The number of carbonyl (C=O) groups is 1. The lowest BCUT2D eigenvalue weighted by molar-refractivity contribution is 0.102. The topological polar surface area (TPSA) is 82.6 Å². The molecule has 1 aromatic heterocycles. The smallest absolute Gasteiger partial charge is 0.257 e. The van der Waals surface area contributed by atoms with E-state index in [-0.39, 0.29) is 29.3 Å². The zero-order chi connectivity index (χ0) is 21.3. The molecular weight excluding hydrogens is 456 g/mol. The quantitative estimate of drug-likeness (QED) is 0.698. The number of carbonyl (C=O) groups excluding carboxylic acids is 1. The number of rotatable bonds is 5. The molecule has 0 radical (unpaired) electrons. The standard InChI is InChI=1S/C21H28N4O3S2.ClH/c1-3-24-13-11-18-19(14-24)29-21(22-18)23-20(26)16-7-9-17(10-8-16)30(27,28)25-12-5-4-6-15(25)2;/h7-10,15H,3-6,11-14H2,1-2H3,(H,22,23,26);1H. The minimum absolute atomic E-state index is 0. The van der Waals surface area contributed by atoms with Crippen molar-refractivity contribution in [2.45, 2.75) is 57.0 Å². The van der Waals surface area contributed by atoms with Gasteiger partial charge in [-0.05, 0) is 50.6 Å². The molecule has 0 bridgehead atoms.